The van der Waals surface area contributed by atoms with Crippen LogP contribution in [0.4, 0.5) is 6.01 Å². The van der Waals surface area contributed by atoms with Crippen molar-refractivity contribution >= 4 is 28.3 Å². The average molecular weight is 314 g/mol. The van der Waals surface area contributed by atoms with Gasteiger partial charge in [0.15, 0.2) is 0 Å². The summed E-state index contributed by atoms with van der Waals surface area (Å²) in [6.07, 6.45) is 0. The second-order valence-electron chi connectivity index (χ2n) is 5.12. The predicted octanol–water partition coefficient (Wildman–Crippen LogP) is 2.75. The maximum Gasteiger partial charge on any atom is 0.301 e. The topological polar surface area (TPSA) is 55.6 Å². The first-order chi connectivity index (χ1) is 10.8. The van der Waals surface area contributed by atoms with Gasteiger partial charge >= 0.3 is 6.01 Å². The summed E-state index contributed by atoms with van der Waals surface area (Å²) in [5.74, 6) is 0. The summed E-state index contributed by atoms with van der Waals surface area (Å²) in [7, 11) is 0. The highest BCUT2D eigenvalue weighted by Crippen LogP contribution is 2.26. The molecule has 3 heterocycles. The lowest BCUT2D eigenvalue weighted by Gasteiger charge is -2.25. The molecule has 5 nitrogen and oxygen atoms in total. The molecule has 1 aromatic carbocycles. The van der Waals surface area contributed by atoms with Crippen LogP contribution in [0.3, 0.4) is 0 Å². The quantitative estimate of drug-likeness (QED) is 0.728. The molecule has 0 aliphatic carbocycles. The third-order valence-corrected chi connectivity index (χ3v) is 4.43. The summed E-state index contributed by atoms with van der Waals surface area (Å²) in [5, 5.41) is 4.58. The highest BCUT2D eigenvalue weighted by atomic mass is 32.1. The van der Waals surface area contributed by atoms with Crippen molar-refractivity contribution in [3.63, 3.8) is 0 Å². The van der Waals surface area contributed by atoms with Gasteiger partial charge in [0, 0.05) is 13.1 Å². The molecular formula is C16H14N2O3S. The molecule has 0 atom stereocenters. The summed E-state index contributed by atoms with van der Waals surface area (Å²) in [6, 6.07) is 8.07. The summed E-state index contributed by atoms with van der Waals surface area (Å²) in [5.41, 5.74) is 2.42. The van der Waals surface area contributed by atoms with Crippen LogP contribution in [0, 0.1) is 0 Å². The zero-order valence-electron chi connectivity index (χ0n) is 11.8. The summed E-state index contributed by atoms with van der Waals surface area (Å²) < 4.78 is 11.1. The number of nitrogens with zero attached hydrogens (tertiary/aromatic N) is 2. The molecule has 1 fully saturated rings. The third kappa shape index (κ3) is 2.40. The SMILES string of the molecule is O=c1nc(N2CCOCC2)oc2ccc(-c3ccsc3)cc12. The number of rotatable bonds is 2. The van der Waals surface area contributed by atoms with Gasteiger partial charge < -0.3 is 14.1 Å². The maximum absolute atomic E-state index is 12.3. The molecule has 0 radical (unpaired) electrons. The average Bonchev–Trinajstić information content (AvgIpc) is 3.10. The first kappa shape index (κ1) is 13.5. The number of morpholine rings is 1. The Balaban J connectivity index is 1.79. The Hall–Kier alpha value is -2.18. The molecule has 22 heavy (non-hydrogen) atoms. The molecule has 0 saturated carbocycles. The molecule has 6 heteroatoms. The standard InChI is InChI=1S/C16H14N2O3S/c19-15-13-9-11(12-3-8-22-10-12)1-2-14(13)21-16(17-15)18-4-6-20-7-5-18/h1-3,8-10H,4-7H2. The largest absolute Gasteiger partial charge is 0.425 e. The van der Waals surface area contributed by atoms with E-state index < -0.39 is 0 Å². The summed E-state index contributed by atoms with van der Waals surface area (Å²) >= 11 is 1.63. The third-order valence-electron chi connectivity index (χ3n) is 3.74. The van der Waals surface area contributed by atoms with E-state index in [4.69, 9.17) is 9.15 Å². The minimum absolute atomic E-state index is 0.250. The van der Waals surface area contributed by atoms with E-state index in [0.29, 0.717) is 43.3 Å². The number of anilines is 1. The summed E-state index contributed by atoms with van der Waals surface area (Å²) in [4.78, 5) is 18.4. The Bertz CT molecular complexity index is 851. The van der Waals surface area contributed by atoms with Crippen molar-refractivity contribution in [3.8, 4) is 11.1 Å². The Morgan fingerprint density at radius 1 is 1.14 bits per heavy atom. The van der Waals surface area contributed by atoms with E-state index in [2.05, 4.69) is 10.4 Å². The number of hydrogen-bond acceptors (Lipinski definition) is 6. The van der Waals surface area contributed by atoms with E-state index in [9.17, 15) is 4.79 Å². The maximum atomic E-state index is 12.3. The number of thiophene rings is 1. The molecule has 0 unspecified atom stereocenters. The van der Waals surface area contributed by atoms with Gasteiger partial charge in [0.05, 0.1) is 18.6 Å². The van der Waals surface area contributed by atoms with Crippen LogP contribution in [-0.2, 0) is 4.74 Å². The van der Waals surface area contributed by atoms with Gasteiger partial charge in [-0.2, -0.15) is 16.3 Å². The van der Waals surface area contributed by atoms with Crippen LogP contribution in [0.15, 0.2) is 44.2 Å². The van der Waals surface area contributed by atoms with Gasteiger partial charge in [-0.25, -0.2) is 0 Å². The second-order valence-corrected chi connectivity index (χ2v) is 5.90. The highest BCUT2D eigenvalue weighted by Gasteiger charge is 2.17. The van der Waals surface area contributed by atoms with Crippen LogP contribution in [0.5, 0.6) is 0 Å². The zero-order valence-corrected chi connectivity index (χ0v) is 12.6. The number of hydrogen-bond donors (Lipinski definition) is 0. The fourth-order valence-electron chi connectivity index (χ4n) is 2.55. The monoisotopic (exact) mass is 314 g/mol. The zero-order chi connectivity index (χ0) is 14.9. The van der Waals surface area contributed by atoms with Crippen molar-refractivity contribution in [2.24, 2.45) is 0 Å². The van der Waals surface area contributed by atoms with Gasteiger partial charge in [-0.15, -0.1) is 0 Å². The highest BCUT2D eigenvalue weighted by molar-refractivity contribution is 7.08. The predicted molar refractivity (Wildman–Crippen MR) is 86.6 cm³/mol. The van der Waals surface area contributed by atoms with Crippen molar-refractivity contribution in [2.45, 2.75) is 0 Å². The molecule has 1 aliphatic rings. The number of benzene rings is 1. The molecule has 0 spiro atoms. The van der Waals surface area contributed by atoms with E-state index in [1.807, 2.05) is 34.5 Å². The van der Waals surface area contributed by atoms with E-state index >= 15 is 0 Å². The Morgan fingerprint density at radius 2 is 2.00 bits per heavy atom. The minimum Gasteiger partial charge on any atom is -0.425 e. The van der Waals surface area contributed by atoms with Crippen molar-refractivity contribution in [3.05, 3.63) is 45.4 Å². The molecule has 2 aromatic heterocycles. The number of aromatic nitrogens is 1. The van der Waals surface area contributed by atoms with Crippen molar-refractivity contribution in [2.75, 3.05) is 31.2 Å². The van der Waals surface area contributed by atoms with Crippen molar-refractivity contribution in [1.29, 1.82) is 0 Å². The van der Waals surface area contributed by atoms with Crippen LogP contribution in [-0.4, -0.2) is 31.3 Å². The van der Waals surface area contributed by atoms with Gasteiger partial charge in [-0.1, -0.05) is 6.07 Å². The van der Waals surface area contributed by atoms with Gasteiger partial charge in [0.2, 0.25) is 0 Å². The smallest absolute Gasteiger partial charge is 0.301 e. The molecule has 0 bridgehead atoms. The lowest BCUT2D eigenvalue weighted by Crippen LogP contribution is -2.37. The summed E-state index contributed by atoms with van der Waals surface area (Å²) in [6.45, 7) is 2.63. The van der Waals surface area contributed by atoms with Crippen LogP contribution in [0.1, 0.15) is 0 Å². The van der Waals surface area contributed by atoms with Gasteiger partial charge in [0.25, 0.3) is 5.56 Å². The van der Waals surface area contributed by atoms with Gasteiger partial charge in [-0.05, 0) is 40.1 Å². The minimum atomic E-state index is -0.250. The van der Waals surface area contributed by atoms with E-state index in [-0.39, 0.29) is 5.56 Å². The van der Waals surface area contributed by atoms with Crippen molar-refractivity contribution in [1.82, 2.24) is 4.98 Å². The molecule has 1 aliphatic heterocycles. The molecule has 0 N–H and O–H groups in total. The van der Waals surface area contributed by atoms with Crippen LogP contribution < -0.4 is 10.5 Å². The Labute approximate surface area is 130 Å². The second kappa shape index (κ2) is 5.55. The van der Waals surface area contributed by atoms with E-state index in [1.165, 1.54) is 0 Å². The van der Waals surface area contributed by atoms with Crippen LogP contribution in [0.2, 0.25) is 0 Å². The fraction of sp³-hybridized carbons (Fsp3) is 0.250. The van der Waals surface area contributed by atoms with Crippen molar-refractivity contribution < 1.29 is 9.15 Å². The first-order valence-electron chi connectivity index (χ1n) is 7.11. The fourth-order valence-corrected chi connectivity index (χ4v) is 3.22. The lowest BCUT2D eigenvalue weighted by atomic mass is 10.1. The molecule has 1 saturated heterocycles. The Kier molecular flexibility index (Phi) is 3.40. The van der Waals surface area contributed by atoms with Crippen LogP contribution in [0.25, 0.3) is 22.1 Å². The molecule has 3 aromatic rings. The van der Waals surface area contributed by atoms with E-state index in [1.54, 1.807) is 11.3 Å². The van der Waals surface area contributed by atoms with Gasteiger partial charge in [-0.3, -0.25) is 4.79 Å². The molecular weight excluding hydrogens is 300 g/mol. The molecule has 0 amide bonds. The first-order valence-corrected chi connectivity index (χ1v) is 8.06. The lowest BCUT2D eigenvalue weighted by molar-refractivity contribution is 0.120. The van der Waals surface area contributed by atoms with E-state index in [0.717, 1.165) is 11.1 Å². The molecule has 112 valence electrons. The molecule has 4 rings (SSSR count). The Morgan fingerprint density at radius 3 is 2.77 bits per heavy atom. The normalized spacial score (nSPS) is 15.4. The van der Waals surface area contributed by atoms with Crippen LogP contribution >= 0.6 is 11.3 Å². The number of ether oxygens (including phenoxy) is 1. The number of fused-ring (bicyclic) bond motifs is 1. The van der Waals surface area contributed by atoms with Gasteiger partial charge in [0.1, 0.15) is 5.58 Å².